The van der Waals surface area contributed by atoms with Gasteiger partial charge in [-0.2, -0.15) is 0 Å². The number of para-hydroxylation sites is 1. The van der Waals surface area contributed by atoms with E-state index in [-0.39, 0.29) is 12.2 Å². The third-order valence-electron chi connectivity index (χ3n) is 5.71. The summed E-state index contributed by atoms with van der Waals surface area (Å²) < 4.78 is 45.7. The highest BCUT2D eigenvalue weighted by Gasteiger charge is 2.31. The SMILES string of the molecule is C[C@H](C(=O)NC(C)(C)C)N(Cc1ccc(F)cc1)C(=O)CN(c1ccc(Oc2ccccc2)cc1)S(C)(=O)=O. The number of nitrogens with one attached hydrogen (secondary N) is 1. The summed E-state index contributed by atoms with van der Waals surface area (Å²) in [6.45, 7) is 6.48. The number of hydrogen-bond acceptors (Lipinski definition) is 5. The molecule has 1 N–H and O–H groups in total. The molecule has 208 valence electrons. The molecule has 3 aromatic carbocycles. The molecule has 0 aromatic heterocycles. The van der Waals surface area contributed by atoms with Crippen LogP contribution in [0.1, 0.15) is 33.3 Å². The number of rotatable bonds is 10. The van der Waals surface area contributed by atoms with Gasteiger partial charge in [0.25, 0.3) is 0 Å². The zero-order valence-corrected chi connectivity index (χ0v) is 23.5. The molecule has 0 spiro atoms. The summed E-state index contributed by atoms with van der Waals surface area (Å²) >= 11 is 0. The van der Waals surface area contributed by atoms with E-state index in [1.54, 1.807) is 43.3 Å². The Morgan fingerprint density at radius 2 is 1.49 bits per heavy atom. The number of anilines is 1. The minimum absolute atomic E-state index is 0.0146. The van der Waals surface area contributed by atoms with Crippen LogP contribution >= 0.6 is 0 Å². The van der Waals surface area contributed by atoms with Gasteiger partial charge in [-0.3, -0.25) is 13.9 Å². The topological polar surface area (TPSA) is 96.0 Å². The molecule has 8 nitrogen and oxygen atoms in total. The van der Waals surface area contributed by atoms with Gasteiger partial charge in [-0.05, 0) is 81.8 Å². The second kappa shape index (κ2) is 12.3. The van der Waals surface area contributed by atoms with Crippen molar-refractivity contribution in [1.82, 2.24) is 10.2 Å². The van der Waals surface area contributed by atoms with Gasteiger partial charge in [-0.1, -0.05) is 30.3 Å². The average Bonchev–Trinajstić information content (AvgIpc) is 2.86. The van der Waals surface area contributed by atoms with Crippen LogP contribution < -0.4 is 14.4 Å². The van der Waals surface area contributed by atoms with Crippen molar-refractivity contribution in [1.29, 1.82) is 0 Å². The Labute approximate surface area is 229 Å². The lowest BCUT2D eigenvalue weighted by Gasteiger charge is -2.33. The highest BCUT2D eigenvalue weighted by Crippen LogP contribution is 2.26. The Bertz CT molecular complexity index is 1370. The van der Waals surface area contributed by atoms with Gasteiger partial charge in [-0.25, -0.2) is 12.8 Å². The first-order chi connectivity index (χ1) is 18.2. The van der Waals surface area contributed by atoms with Gasteiger partial charge >= 0.3 is 0 Å². The third kappa shape index (κ3) is 8.81. The van der Waals surface area contributed by atoms with Crippen molar-refractivity contribution in [3.63, 3.8) is 0 Å². The Kier molecular flexibility index (Phi) is 9.34. The summed E-state index contributed by atoms with van der Waals surface area (Å²) in [5, 5.41) is 2.85. The third-order valence-corrected chi connectivity index (χ3v) is 6.86. The fraction of sp³-hybridized carbons (Fsp3) is 0.310. The first-order valence-electron chi connectivity index (χ1n) is 12.4. The summed E-state index contributed by atoms with van der Waals surface area (Å²) in [4.78, 5) is 27.9. The number of halogens is 1. The molecule has 0 bridgehead atoms. The summed E-state index contributed by atoms with van der Waals surface area (Å²) in [7, 11) is -3.88. The van der Waals surface area contributed by atoms with Crippen LogP contribution in [-0.2, 0) is 26.2 Å². The van der Waals surface area contributed by atoms with Crippen molar-refractivity contribution in [2.45, 2.75) is 45.8 Å². The maximum Gasteiger partial charge on any atom is 0.244 e. The molecule has 0 saturated heterocycles. The maximum absolute atomic E-state index is 13.6. The molecule has 39 heavy (non-hydrogen) atoms. The zero-order valence-electron chi connectivity index (χ0n) is 22.7. The molecule has 0 aliphatic rings. The Morgan fingerprint density at radius 3 is 2.03 bits per heavy atom. The van der Waals surface area contributed by atoms with Crippen LogP contribution in [0.15, 0.2) is 78.9 Å². The second-order valence-electron chi connectivity index (χ2n) is 10.2. The van der Waals surface area contributed by atoms with E-state index in [9.17, 15) is 22.4 Å². The van der Waals surface area contributed by atoms with Crippen molar-refractivity contribution in [3.8, 4) is 11.5 Å². The molecular formula is C29H34FN3O5S. The average molecular weight is 556 g/mol. The van der Waals surface area contributed by atoms with Gasteiger partial charge in [0.2, 0.25) is 21.8 Å². The van der Waals surface area contributed by atoms with Gasteiger partial charge in [0.1, 0.15) is 29.9 Å². The van der Waals surface area contributed by atoms with E-state index in [0.717, 1.165) is 10.6 Å². The highest BCUT2D eigenvalue weighted by molar-refractivity contribution is 7.92. The lowest BCUT2D eigenvalue weighted by molar-refractivity contribution is -0.140. The van der Waals surface area contributed by atoms with Crippen LogP contribution in [0, 0.1) is 5.82 Å². The van der Waals surface area contributed by atoms with Crippen molar-refractivity contribution < 1.29 is 27.1 Å². The number of carbonyl (C=O) groups is 2. The monoisotopic (exact) mass is 555 g/mol. The van der Waals surface area contributed by atoms with Crippen molar-refractivity contribution in [2.75, 3.05) is 17.1 Å². The van der Waals surface area contributed by atoms with Gasteiger partial charge in [0.05, 0.1) is 11.9 Å². The number of hydrogen-bond donors (Lipinski definition) is 1. The summed E-state index contributed by atoms with van der Waals surface area (Å²) in [5.41, 5.74) is 0.312. The largest absolute Gasteiger partial charge is 0.457 e. The standard InChI is InChI=1S/C29H34FN3O5S/c1-21(28(35)31-29(2,3)4)32(19-22-11-13-23(30)14-12-22)27(34)20-33(39(5,36)37)24-15-17-26(18-16-24)38-25-9-7-6-8-10-25/h6-18,21H,19-20H2,1-5H3,(H,31,35)/t21-/m1/s1. The summed E-state index contributed by atoms with van der Waals surface area (Å²) in [6, 6.07) is 20.1. The Balaban J connectivity index is 1.87. The van der Waals surface area contributed by atoms with E-state index >= 15 is 0 Å². The molecule has 2 amide bonds. The van der Waals surface area contributed by atoms with Gasteiger partial charge in [-0.15, -0.1) is 0 Å². The number of sulfonamides is 1. The fourth-order valence-corrected chi connectivity index (χ4v) is 4.61. The van der Waals surface area contributed by atoms with E-state index in [4.69, 9.17) is 4.74 Å². The summed E-state index contributed by atoms with van der Waals surface area (Å²) in [6.07, 6.45) is 1.01. The molecule has 0 unspecified atom stereocenters. The van der Waals surface area contributed by atoms with Gasteiger partial charge < -0.3 is 15.0 Å². The Morgan fingerprint density at radius 1 is 0.923 bits per heavy atom. The van der Waals surface area contributed by atoms with E-state index in [1.165, 1.54) is 29.2 Å². The molecule has 3 aromatic rings. The van der Waals surface area contributed by atoms with Crippen LogP contribution in [0.4, 0.5) is 10.1 Å². The molecular weight excluding hydrogens is 521 g/mol. The molecule has 10 heteroatoms. The van der Waals surface area contributed by atoms with Crippen LogP contribution in [-0.4, -0.2) is 49.5 Å². The minimum atomic E-state index is -3.88. The molecule has 1 atom stereocenters. The molecule has 3 rings (SSSR count). The minimum Gasteiger partial charge on any atom is -0.457 e. The zero-order chi connectivity index (χ0) is 28.8. The Hall–Kier alpha value is -3.92. The molecule has 0 heterocycles. The smallest absolute Gasteiger partial charge is 0.244 e. The summed E-state index contributed by atoms with van der Waals surface area (Å²) in [5.74, 6) is -0.301. The van der Waals surface area contributed by atoms with Gasteiger partial charge in [0.15, 0.2) is 0 Å². The second-order valence-corrected chi connectivity index (χ2v) is 12.1. The van der Waals surface area contributed by atoms with Crippen LogP contribution in [0.3, 0.4) is 0 Å². The van der Waals surface area contributed by atoms with Gasteiger partial charge in [0, 0.05) is 12.1 Å². The number of ether oxygens (including phenoxy) is 1. The fourth-order valence-electron chi connectivity index (χ4n) is 3.76. The lowest BCUT2D eigenvalue weighted by atomic mass is 10.1. The lowest BCUT2D eigenvalue weighted by Crippen LogP contribution is -2.54. The number of carbonyl (C=O) groups excluding carboxylic acids is 2. The molecule has 0 aliphatic carbocycles. The van der Waals surface area contributed by atoms with Crippen molar-refractivity contribution >= 4 is 27.5 Å². The van der Waals surface area contributed by atoms with Crippen molar-refractivity contribution in [2.24, 2.45) is 0 Å². The predicted octanol–water partition coefficient (Wildman–Crippen LogP) is 4.72. The van der Waals surface area contributed by atoms with E-state index in [0.29, 0.717) is 17.1 Å². The van der Waals surface area contributed by atoms with Crippen LogP contribution in [0.5, 0.6) is 11.5 Å². The van der Waals surface area contributed by atoms with E-state index < -0.39 is 45.8 Å². The van der Waals surface area contributed by atoms with E-state index in [1.807, 2.05) is 39.0 Å². The molecule has 0 fully saturated rings. The van der Waals surface area contributed by atoms with E-state index in [2.05, 4.69) is 5.32 Å². The molecule has 0 aliphatic heterocycles. The van der Waals surface area contributed by atoms with Crippen molar-refractivity contribution in [3.05, 3.63) is 90.2 Å². The first kappa shape index (κ1) is 29.6. The number of amides is 2. The number of benzene rings is 3. The quantitative estimate of drug-likeness (QED) is 0.391. The normalized spacial score (nSPS) is 12.4. The predicted molar refractivity (Wildman–Crippen MR) is 149 cm³/mol. The highest BCUT2D eigenvalue weighted by atomic mass is 32.2. The molecule has 0 saturated carbocycles. The van der Waals surface area contributed by atoms with Crippen LogP contribution in [0.2, 0.25) is 0 Å². The molecule has 0 radical (unpaired) electrons. The maximum atomic E-state index is 13.6. The number of nitrogens with zero attached hydrogens (tertiary/aromatic N) is 2. The first-order valence-corrected chi connectivity index (χ1v) is 14.2. The van der Waals surface area contributed by atoms with Crippen LogP contribution in [0.25, 0.3) is 0 Å².